The van der Waals surface area contributed by atoms with Gasteiger partial charge in [-0.1, -0.05) is 35.3 Å². The number of fused-ring (bicyclic) bond motifs is 1. The van der Waals surface area contributed by atoms with E-state index in [9.17, 15) is 22.8 Å². The second-order valence-corrected chi connectivity index (χ2v) is 8.19. The molecular weight excluding hydrogens is 522 g/mol. The molecule has 2 N–H and O–H groups in total. The van der Waals surface area contributed by atoms with E-state index >= 15 is 0 Å². The summed E-state index contributed by atoms with van der Waals surface area (Å²) in [5.74, 6) is -2.24. The summed E-state index contributed by atoms with van der Waals surface area (Å²) in [5, 5.41) is 5.07. The van der Waals surface area contributed by atoms with Gasteiger partial charge in [-0.3, -0.25) is 9.59 Å². The van der Waals surface area contributed by atoms with E-state index in [4.69, 9.17) is 27.9 Å². The van der Waals surface area contributed by atoms with E-state index in [1.807, 2.05) is 0 Å². The molecule has 0 atom stereocenters. The van der Waals surface area contributed by atoms with Gasteiger partial charge in [0.1, 0.15) is 23.6 Å². The van der Waals surface area contributed by atoms with Crippen LogP contribution < -0.4 is 15.4 Å². The summed E-state index contributed by atoms with van der Waals surface area (Å²) in [6.45, 7) is -0.715. The Morgan fingerprint density at radius 3 is 2.33 bits per heavy atom. The molecule has 13 heteroatoms. The maximum atomic E-state index is 13.8. The summed E-state index contributed by atoms with van der Waals surface area (Å²) in [6, 6.07) is 11.6. The van der Waals surface area contributed by atoms with Crippen LogP contribution in [0.4, 0.5) is 24.7 Å². The van der Waals surface area contributed by atoms with Crippen LogP contribution in [-0.4, -0.2) is 33.5 Å². The number of halogens is 5. The molecule has 0 aliphatic carbocycles. The highest BCUT2D eigenvalue weighted by molar-refractivity contribution is 6.40. The van der Waals surface area contributed by atoms with Crippen molar-refractivity contribution in [3.05, 3.63) is 76.2 Å². The van der Waals surface area contributed by atoms with Crippen LogP contribution >= 0.6 is 23.2 Å². The molecule has 0 fully saturated rings. The number of ether oxygens (including phenoxy) is 1. The fourth-order valence-electron chi connectivity index (χ4n) is 3.42. The number of para-hydroxylation sites is 1. The number of aromatic nitrogens is 3. The van der Waals surface area contributed by atoms with Crippen LogP contribution in [0.5, 0.6) is 5.75 Å². The molecule has 36 heavy (non-hydrogen) atoms. The van der Waals surface area contributed by atoms with Crippen LogP contribution in [0.2, 0.25) is 10.0 Å². The number of rotatable bonds is 6. The molecule has 0 saturated carbocycles. The topological polar surface area (TPSA) is 98.1 Å². The number of hydrogen-bond acceptors (Lipinski definition) is 5. The van der Waals surface area contributed by atoms with Crippen LogP contribution in [-0.2, 0) is 17.5 Å². The summed E-state index contributed by atoms with van der Waals surface area (Å²) >= 11 is 12.1. The van der Waals surface area contributed by atoms with Crippen molar-refractivity contribution in [2.24, 2.45) is 0 Å². The summed E-state index contributed by atoms with van der Waals surface area (Å²) in [5.41, 5.74) is -0.255. The van der Waals surface area contributed by atoms with Gasteiger partial charge < -0.3 is 19.9 Å². The van der Waals surface area contributed by atoms with E-state index in [0.717, 1.165) is 0 Å². The molecule has 0 radical (unpaired) electrons. The zero-order valence-corrected chi connectivity index (χ0v) is 19.9. The number of hydrogen-bond donors (Lipinski definition) is 2. The molecule has 2 aromatic carbocycles. The minimum absolute atomic E-state index is 0.0186. The van der Waals surface area contributed by atoms with Crippen LogP contribution in [0.1, 0.15) is 16.2 Å². The highest BCUT2D eigenvalue weighted by Crippen LogP contribution is 2.34. The fourth-order valence-corrected chi connectivity index (χ4v) is 3.99. The molecule has 0 aliphatic heterocycles. The molecule has 0 bridgehead atoms. The Kier molecular flexibility index (Phi) is 7.04. The highest BCUT2D eigenvalue weighted by Gasteiger charge is 2.38. The van der Waals surface area contributed by atoms with Crippen molar-refractivity contribution >= 4 is 57.6 Å². The summed E-state index contributed by atoms with van der Waals surface area (Å²) in [7, 11) is 1.44. The molecule has 0 spiro atoms. The summed E-state index contributed by atoms with van der Waals surface area (Å²) in [4.78, 5) is 33.1. The van der Waals surface area contributed by atoms with Crippen molar-refractivity contribution in [1.82, 2.24) is 14.5 Å². The first-order chi connectivity index (χ1) is 17.1. The van der Waals surface area contributed by atoms with E-state index < -0.39 is 30.4 Å². The number of nitrogens with one attached hydrogen (secondary N) is 2. The van der Waals surface area contributed by atoms with Gasteiger partial charge in [0, 0.05) is 0 Å². The van der Waals surface area contributed by atoms with E-state index in [0.29, 0.717) is 10.3 Å². The largest absolute Gasteiger partial charge is 0.495 e. The number of imidazole rings is 1. The van der Waals surface area contributed by atoms with Crippen LogP contribution in [0, 0.1) is 0 Å². The molecule has 8 nitrogen and oxygen atoms in total. The molecule has 2 aromatic heterocycles. The van der Waals surface area contributed by atoms with Crippen molar-refractivity contribution < 1.29 is 27.5 Å². The number of alkyl halides is 3. The second kappa shape index (κ2) is 10.0. The molecule has 0 unspecified atom stereocenters. The van der Waals surface area contributed by atoms with Gasteiger partial charge in [-0.15, -0.1) is 0 Å². The minimum atomic E-state index is -4.88. The Hall–Kier alpha value is -3.83. The predicted molar refractivity (Wildman–Crippen MR) is 129 cm³/mol. The SMILES string of the molecule is COc1ccc(NC(=O)Cn2c(C(F)(F)F)nc3c(NC(=O)c4c(Cl)cccc4Cl)cccc32)nc1. The lowest BCUT2D eigenvalue weighted by atomic mass is 10.2. The molecular formula is C23H16Cl2F3N5O3. The average molecular weight is 538 g/mol. The van der Waals surface area contributed by atoms with Crippen LogP contribution in [0.15, 0.2) is 54.7 Å². The van der Waals surface area contributed by atoms with Gasteiger partial charge in [0.25, 0.3) is 5.91 Å². The number of amides is 2. The van der Waals surface area contributed by atoms with Crippen LogP contribution in [0.3, 0.4) is 0 Å². The Labute approximate surface area is 212 Å². The van der Waals surface area contributed by atoms with Gasteiger partial charge in [0.2, 0.25) is 11.7 Å². The van der Waals surface area contributed by atoms with E-state index in [-0.39, 0.29) is 38.1 Å². The maximum absolute atomic E-state index is 13.8. The van der Waals surface area contributed by atoms with E-state index in [1.54, 1.807) is 6.07 Å². The monoisotopic (exact) mass is 537 g/mol. The summed E-state index contributed by atoms with van der Waals surface area (Å²) < 4.78 is 47.2. The van der Waals surface area contributed by atoms with Gasteiger partial charge in [0.15, 0.2) is 0 Å². The molecule has 4 rings (SSSR count). The Morgan fingerprint density at radius 1 is 1.03 bits per heavy atom. The van der Waals surface area contributed by atoms with Crippen molar-refractivity contribution in [1.29, 1.82) is 0 Å². The number of carbonyl (C=O) groups excluding carboxylic acids is 2. The Morgan fingerprint density at radius 2 is 1.72 bits per heavy atom. The highest BCUT2D eigenvalue weighted by atomic mass is 35.5. The van der Waals surface area contributed by atoms with Crippen molar-refractivity contribution in [3.8, 4) is 5.75 Å². The average Bonchev–Trinajstić information content (AvgIpc) is 3.19. The van der Waals surface area contributed by atoms with Gasteiger partial charge in [-0.05, 0) is 36.4 Å². The predicted octanol–water partition coefficient (Wildman–Crippen LogP) is 5.66. The molecule has 0 aliphatic rings. The molecule has 2 heterocycles. The smallest absolute Gasteiger partial charge is 0.449 e. The zero-order valence-electron chi connectivity index (χ0n) is 18.4. The van der Waals surface area contributed by atoms with Gasteiger partial charge in [-0.2, -0.15) is 13.2 Å². The molecule has 186 valence electrons. The number of anilines is 2. The maximum Gasteiger partial charge on any atom is 0.449 e. The zero-order chi connectivity index (χ0) is 26.0. The molecule has 4 aromatic rings. The normalized spacial score (nSPS) is 11.4. The lowest BCUT2D eigenvalue weighted by molar-refractivity contribution is -0.147. The van der Waals surface area contributed by atoms with Crippen molar-refractivity contribution in [2.75, 3.05) is 17.7 Å². The number of methoxy groups -OCH3 is 1. The fraction of sp³-hybridized carbons (Fsp3) is 0.130. The van der Waals surface area contributed by atoms with Crippen LogP contribution in [0.25, 0.3) is 11.0 Å². The third-order valence-electron chi connectivity index (χ3n) is 5.01. The first-order valence-electron chi connectivity index (χ1n) is 10.2. The number of benzene rings is 2. The number of nitrogens with zero attached hydrogens (tertiary/aromatic N) is 3. The van der Waals surface area contributed by atoms with Gasteiger partial charge >= 0.3 is 6.18 Å². The summed E-state index contributed by atoms with van der Waals surface area (Å²) in [6.07, 6.45) is -3.53. The third kappa shape index (κ3) is 5.21. The molecule has 2 amide bonds. The van der Waals surface area contributed by atoms with Crippen molar-refractivity contribution in [3.63, 3.8) is 0 Å². The standard InChI is InChI=1S/C23H16Cl2F3N5O3/c1-36-12-8-9-17(29-10-12)31-18(34)11-33-16-7-3-6-15(20(16)32-22(33)23(26,27)28)30-21(35)19-13(24)4-2-5-14(19)25/h2-10H,11H2,1H3,(H,30,35)(H,29,31,34). The molecule has 0 saturated heterocycles. The van der Waals surface area contributed by atoms with E-state index in [1.165, 1.54) is 55.8 Å². The van der Waals surface area contributed by atoms with Crippen molar-refractivity contribution in [2.45, 2.75) is 12.7 Å². The minimum Gasteiger partial charge on any atom is -0.495 e. The van der Waals surface area contributed by atoms with Gasteiger partial charge in [0.05, 0.1) is 40.1 Å². The number of pyridine rings is 1. The first-order valence-corrected chi connectivity index (χ1v) is 11.0. The number of carbonyl (C=O) groups is 2. The Balaban J connectivity index is 1.68. The van der Waals surface area contributed by atoms with Gasteiger partial charge in [-0.25, -0.2) is 9.97 Å². The lowest BCUT2D eigenvalue weighted by Crippen LogP contribution is -2.23. The second-order valence-electron chi connectivity index (χ2n) is 7.37. The Bertz CT molecular complexity index is 1440. The third-order valence-corrected chi connectivity index (χ3v) is 5.64. The lowest BCUT2D eigenvalue weighted by Gasteiger charge is -2.12. The first kappa shape index (κ1) is 25.3. The van der Waals surface area contributed by atoms with E-state index in [2.05, 4.69) is 20.6 Å². The quantitative estimate of drug-likeness (QED) is 0.331.